The molecule has 0 bridgehead atoms. The predicted molar refractivity (Wildman–Crippen MR) is 81.3 cm³/mol. The molecule has 2 rings (SSSR count). The number of aryl methyl sites for hydroxylation is 2. The molecule has 1 amide bonds. The molecule has 0 fully saturated rings. The van der Waals surface area contributed by atoms with Gasteiger partial charge in [0, 0.05) is 6.54 Å². The van der Waals surface area contributed by atoms with E-state index in [1.807, 2.05) is 0 Å². The van der Waals surface area contributed by atoms with Crippen molar-refractivity contribution in [3.63, 3.8) is 0 Å². The molecule has 21 heavy (non-hydrogen) atoms. The lowest BCUT2D eigenvalue weighted by Gasteiger charge is -2.09. The summed E-state index contributed by atoms with van der Waals surface area (Å²) in [5.74, 6) is -0.584. The molecule has 1 N–H and O–H groups in total. The number of carbonyl (C=O) groups is 1. The molecule has 0 atom stereocenters. The van der Waals surface area contributed by atoms with Crippen LogP contribution in [0.3, 0.4) is 0 Å². The Kier molecular flexibility index (Phi) is 4.80. The Labute approximate surface area is 132 Å². The van der Waals surface area contributed by atoms with Gasteiger partial charge in [-0.15, -0.1) is 0 Å². The average Bonchev–Trinajstić information content (AvgIpc) is 2.42. The highest BCUT2D eigenvalue weighted by Crippen LogP contribution is 2.17. The van der Waals surface area contributed by atoms with Crippen molar-refractivity contribution in [2.24, 2.45) is 0 Å². The maximum atomic E-state index is 13.5. The first-order valence-corrected chi connectivity index (χ1v) is 7.00. The van der Waals surface area contributed by atoms with Crippen LogP contribution in [0, 0.1) is 19.7 Å². The normalized spacial score (nSPS) is 10.5. The van der Waals surface area contributed by atoms with E-state index < -0.39 is 0 Å². The lowest BCUT2D eigenvalue weighted by atomic mass is 10.1. The summed E-state index contributed by atoms with van der Waals surface area (Å²) in [4.78, 5) is 15.8. The van der Waals surface area contributed by atoms with Crippen molar-refractivity contribution in [1.82, 2.24) is 10.3 Å². The molecular formula is C15H13Cl2FN2O. The molecular weight excluding hydrogens is 314 g/mol. The molecule has 6 heteroatoms. The van der Waals surface area contributed by atoms with E-state index in [1.54, 1.807) is 26.0 Å². The zero-order valence-corrected chi connectivity index (χ0v) is 13.0. The molecule has 3 nitrogen and oxygen atoms in total. The van der Waals surface area contributed by atoms with Gasteiger partial charge in [0.2, 0.25) is 0 Å². The van der Waals surface area contributed by atoms with E-state index in [2.05, 4.69) is 10.3 Å². The van der Waals surface area contributed by atoms with Crippen molar-refractivity contribution in [3.8, 4) is 0 Å². The van der Waals surface area contributed by atoms with Crippen LogP contribution in [0.15, 0.2) is 24.3 Å². The van der Waals surface area contributed by atoms with E-state index in [1.165, 1.54) is 12.1 Å². The molecule has 1 aromatic heterocycles. The van der Waals surface area contributed by atoms with E-state index in [0.717, 1.165) is 5.56 Å². The summed E-state index contributed by atoms with van der Waals surface area (Å²) in [7, 11) is 0. The summed E-state index contributed by atoms with van der Waals surface area (Å²) in [6.07, 6.45) is 0. The quantitative estimate of drug-likeness (QED) is 0.864. The van der Waals surface area contributed by atoms with Crippen molar-refractivity contribution in [2.75, 3.05) is 0 Å². The number of hydrogen-bond acceptors (Lipinski definition) is 2. The Bertz CT molecular complexity index is 681. The summed E-state index contributed by atoms with van der Waals surface area (Å²) in [5.41, 5.74) is 2.16. The van der Waals surface area contributed by atoms with Crippen LogP contribution >= 0.6 is 23.2 Å². The highest BCUT2D eigenvalue weighted by Gasteiger charge is 2.12. The number of halogens is 3. The first-order valence-electron chi connectivity index (χ1n) is 6.24. The minimum atomic E-state index is -0.358. The van der Waals surface area contributed by atoms with E-state index in [0.29, 0.717) is 11.1 Å². The number of rotatable bonds is 3. The van der Waals surface area contributed by atoms with E-state index in [-0.39, 0.29) is 34.1 Å². The predicted octanol–water partition coefficient (Wildman–Crippen LogP) is 4.07. The van der Waals surface area contributed by atoms with Gasteiger partial charge < -0.3 is 5.32 Å². The Hall–Kier alpha value is -1.65. The van der Waals surface area contributed by atoms with Gasteiger partial charge >= 0.3 is 0 Å². The Balaban J connectivity index is 2.11. The summed E-state index contributed by atoms with van der Waals surface area (Å²) in [6, 6.07) is 6.40. The minimum absolute atomic E-state index is 0.0477. The van der Waals surface area contributed by atoms with Crippen molar-refractivity contribution in [2.45, 2.75) is 20.4 Å². The van der Waals surface area contributed by atoms with Gasteiger partial charge in [0.1, 0.15) is 16.1 Å². The topological polar surface area (TPSA) is 42.0 Å². The van der Waals surface area contributed by atoms with Crippen LogP contribution in [0.25, 0.3) is 0 Å². The average molecular weight is 327 g/mol. The highest BCUT2D eigenvalue weighted by molar-refractivity contribution is 6.34. The third-order valence-corrected chi connectivity index (χ3v) is 3.51. The lowest BCUT2D eigenvalue weighted by molar-refractivity contribution is 0.0950. The highest BCUT2D eigenvalue weighted by atomic mass is 35.5. The minimum Gasteiger partial charge on any atom is -0.348 e. The zero-order valence-electron chi connectivity index (χ0n) is 11.5. The summed E-state index contributed by atoms with van der Waals surface area (Å²) < 4.78 is 13.5. The smallest absolute Gasteiger partial charge is 0.254 e. The number of carbonyl (C=O) groups excluding carboxylic acids is 1. The molecule has 0 saturated carbocycles. The SMILES string of the molecule is Cc1cc(CNC(=O)c2ccc(Cl)nc2Cl)cc(C)c1F. The summed E-state index contributed by atoms with van der Waals surface area (Å²) in [5, 5.41) is 2.99. The monoisotopic (exact) mass is 326 g/mol. The maximum absolute atomic E-state index is 13.5. The second-order valence-electron chi connectivity index (χ2n) is 4.70. The van der Waals surface area contributed by atoms with Crippen molar-refractivity contribution in [3.05, 3.63) is 62.6 Å². The number of pyridine rings is 1. The number of benzene rings is 1. The third-order valence-electron chi connectivity index (χ3n) is 3.01. The van der Waals surface area contributed by atoms with Crippen LogP contribution in [0.5, 0.6) is 0 Å². The number of nitrogens with zero attached hydrogens (tertiary/aromatic N) is 1. The molecule has 110 valence electrons. The second kappa shape index (κ2) is 6.41. The van der Waals surface area contributed by atoms with Gasteiger partial charge in [0.05, 0.1) is 5.56 Å². The standard InChI is InChI=1S/C15H13Cl2FN2O/c1-8-5-10(6-9(2)13(8)18)7-19-15(21)11-3-4-12(16)20-14(11)17/h3-6H,7H2,1-2H3,(H,19,21). The van der Waals surface area contributed by atoms with Gasteiger partial charge in [-0.05, 0) is 42.7 Å². The first kappa shape index (κ1) is 15.7. The van der Waals surface area contributed by atoms with Crippen LogP contribution in [0.2, 0.25) is 10.3 Å². The molecule has 0 radical (unpaired) electrons. The van der Waals surface area contributed by atoms with Gasteiger partial charge in [-0.25, -0.2) is 9.37 Å². The van der Waals surface area contributed by atoms with Gasteiger partial charge in [-0.1, -0.05) is 35.3 Å². The zero-order chi connectivity index (χ0) is 15.6. The van der Waals surface area contributed by atoms with Gasteiger partial charge in [-0.2, -0.15) is 0 Å². The van der Waals surface area contributed by atoms with Crippen LogP contribution in [-0.4, -0.2) is 10.9 Å². The van der Waals surface area contributed by atoms with Crippen LogP contribution in [0.4, 0.5) is 4.39 Å². The maximum Gasteiger partial charge on any atom is 0.254 e. The van der Waals surface area contributed by atoms with E-state index in [9.17, 15) is 9.18 Å². The molecule has 2 aromatic rings. The van der Waals surface area contributed by atoms with Crippen LogP contribution < -0.4 is 5.32 Å². The number of amides is 1. The van der Waals surface area contributed by atoms with Crippen molar-refractivity contribution < 1.29 is 9.18 Å². The van der Waals surface area contributed by atoms with Gasteiger partial charge in [-0.3, -0.25) is 4.79 Å². The number of aromatic nitrogens is 1. The largest absolute Gasteiger partial charge is 0.348 e. The molecule has 1 aromatic carbocycles. The molecule has 0 aliphatic carbocycles. The van der Waals surface area contributed by atoms with E-state index >= 15 is 0 Å². The molecule has 0 spiro atoms. The van der Waals surface area contributed by atoms with Crippen molar-refractivity contribution >= 4 is 29.1 Å². The third kappa shape index (κ3) is 3.71. The first-order chi connectivity index (χ1) is 9.88. The Morgan fingerprint density at radius 3 is 2.43 bits per heavy atom. The van der Waals surface area contributed by atoms with Gasteiger partial charge in [0.25, 0.3) is 5.91 Å². The summed E-state index contributed by atoms with van der Waals surface area (Å²) in [6.45, 7) is 3.65. The fourth-order valence-corrected chi connectivity index (χ4v) is 2.43. The summed E-state index contributed by atoms with van der Waals surface area (Å²) >= 11 is 11.6. The van der Waals surface area contributed by atoms with E-state index in [4.69, 9.17) is 23.2 Å². The molecule has 0 unspecified atom stereocenters. The fraction of sp³-hybridized carbons (Fsp3) is 0.200. The molecule has 0 aliphatic heterocycles. The van der Waals surface area contributed by atoms with Crippen molar-refractivity contribution in [1.29, 1.82) is 0 Å². The van der Waals surface area contributed by atoms with Gasteiger partial charge in [0.15, 0.2) is 0 Å². The number of hydrogen-bond donors (Lipinski definition) is 1. The Morgan fingerprint density at radius 2 is 1.86 bits per heavy atom. The fourth-order valence-electron chi connectivity index (χ4n) is 2.00. The van der Waals surface area contributed by atoms with Crippen LogP contribution in [-0.2, 0) is 6.54 Å². The molecule has 0 aliphatic rings. The van der Waals surface area contributed by atoms with Crippen LogP contribution in [0.1, 0.15) is 27.0 Å². The second-order valence-corrected chi connectivity index (χ2v) is 5.44. The lowest BCUT2D eigenvalue weighted by Crippen LogP contribution is -2.23. The Morgan fingerprint density at radius 1 is 1.24 bits per heavy atom. The number of nitrogens with one attached hydrogen (secondary N) is 1. The molecule has 0 saturated heterocycles. The molecule has 1 heterocycles.